The molecule has 0 aliphatic rings. The van der Waals surface area contributed by atoms with Crippen LogP contribution in [0.3, 0.4) is 0 Å². The lowest BCUT2D eigenvalue weighted by Gasteiger charge is -2.11. The van der Waals surface area contributed by atoms with Crippen molar-refractivity contribution in [2.45, 2.75) is 13.0 Å². The van der Waals surface area contributed by atoms with E-state index in [-0.39, 0.29) is 5.82 Å². The number of hydrogen-bond donors (Lipinski definition) is 3. The van der Waals surface area contributed by atoms with Crippen molar-refractivity contribution >= 4 is 17.3 Å². The summed E-state index contributed by atoms with van der Waals surface area (Å²) < 4.78 is 5.86. The van der Waals surface area contributed by atoms with Gasteiger partial charge in [-0.2, -0.15) is 0 Å². The van der Waals surface area contributed by atoms with Gasteiger partial charge in [-0.1, -0.05) is 42.5 Å². The summed E-state index contributed by atoms with van der Waals surface area (Å²) in [6, 6.07) is 19.7. The molecule has 3 aromatic rings. The Labute approximate surface area is 141 Å². The highest BCUT2D eigenvalue weighted by atomic mass is 16.5. The lowest BCUT2D eigenvalue weighted by atomic mass is 10.0. The highest BCUT2D eigenvalue weighted by Gasteiger charge is 2.08. The van der Waals surface area contributed by atoms with Gasteiger partial charge in [-0.05, 0) is 41.3 Å². The molecule has 0 aliphatic carbocycles. The maximum Gasteiger partial charge on any atom is 0.149 e. The van der Waals surface area contributed by atoms with Crippen molar-refractivity contribution < 1.29 is 4.74 Å². The molecule has 0 atom stereocenters. The van der Waals surface area contributed by atoms with E-state index in [0.29, 0.717) is 24.5 Å². The molecule has 0 radical (unpaired) electrons. The fourth-order valence-corrected chi connectivity index (χ4v) is 2.50. The standard InChI is InChI=1S/C19H20N4O/c20-17-11-15(18(21)19(22)23-17)9-14-7-4-8-16(10-14)24-12-13-5-2-1-3-6-13/h1-8,10-11H,9,12,21H2,(H4,20,22,23). The monoisotopic (exact) mass is 320 g/mol. The lowest BCUT2D eigenvalue weighted by Crippen LogP contribution is -2.06. The van der Waals surface area contributed by atoms with Crippen LogP contribution in [0.4, 0.5) is 17.3 Å². The fourth-order valence-electron chi connectivity index (χ4n) is 2.50. The van der Waals surface area contributed by atoms with Gasteiger partial charge in [-0.3, -0.25) is 0 Å². The Morgan fingerprint density at radius 3 is 2.38 bits per heavy atom. The van der Waals surface area contributed by atoms with Gasteiger partial charge in [0.15, 0.2) is 0 Å². The quantitative estimate of drug-likeness (QED) is 0.671. The van der Waals surface area contributed by atoms with Crippen molar-refractivity contribution in [3.63, 3.8) is 0 Å². The predicted octanol–water partition coefficient (Wildman–Crippen LogP) is 3.00. The van der Waals surface area contributed by atoms with Crippen LogP contribution < -0.4 is 21.9 Å². The molecule has 0 bridgehead atoms. The molecule has 0 amide bonds. The zero-order chi connectivity index (χ0) is 16.9. The second-order valence-corrected chi connectivity index (χ2v) is 5.60. The van der Waals surface area contributed by atoms with E-state index in [1.807, 2.05) is 54.6 Å². The van der Waals surface area contributed by atoms with Crippen molar-refractivity contribution in [2.24, 2.45) is 0 Å². The molecular formula is C19H20N4O. The molecule has 122 valence electrons. The van der Waals surface area contributed by atoms with Gasteiger partial charge in [0.2, 0.25) is 0 Å². The summed E-state index contributed by atoms with van der Waals surface area (Å²) in [5, 5.41) is 0. The summed E-state index contributed by atoms with van der Waals surface area (Å²) in [5.74, 6) is 1.44. The number of nitrogens with zero attached hydrogens (tertiary/aromatic N) is 1. The smallest absolute Gasteiger partial charge is 0.149 e. The van der Waals surface area contributed by atoms with Crippen molar-refractivity contribution in [2.75, 3.05) is 17.2 Å². The number of pyridine rings is 1. The first kappa shape index (κ1) is 15.7. The highest BCUT2D eigenvalue weighted by Crippen LogP contribution is 2.25. The average Bonchev–Trinajstić information content (AvgIpc) is 2.59. The van der Waals surface area contributed by atoms with Crippen molar-refractivity contribution in [1.82, 2.24) is 4.98 Å². The van der Waals surface area contributed by atoms with Gasteiger partial charge < -0.3 is 21.9 Å². The second kappa shape index (κ2) is 6.91. The summed E-state index contributed by atoms with van der Waals surface area (Å²) >= 11 is 0. The van der Waals surface area contributed by atoms with E-state index in [1.165, 1.54) is 0 Å². The minimum absolute atomic E-state index is 0.265. The third-order valence-electron chi connectivity index (χ3n) is 3.73. The first-order valence-corrected chi connectivity index (χ1v) is 7.68. The van der Waals surface area contributed by atoms with Crippen LogP contribution in [0.15, 0.2) is 60.7 Å². The zero-order valence-corrected chi connectivity index (χ0v) is 13.3. The molecule has 0 fully saturated rings. The molecule has 5 heteroatoms. The van der Waals surface area contributed by atoms with Crippen LogP contribution in [0, 0.1) is 0 Å². The van der Waals surface area contributed by atoms with E-state index in [9.17, 15) is 0 Å². The average molecular weight is 320 g/mol. The number of ether oxygens (including phenoxy) is 1. The first-order chi connectivity index (χ1) is 11.6. The van der Waals surface area contributed by atoms with E-state index < -0.39 is 0 Å². The van der Waals surface area contributed by atoms with Gasteiger partial charge in [0.05, 0.1) is 5.69 Å². The van der Waals surface area contributed by atoms with Crippen LogP contribution in [0.25, 0.3) is 0 Å². The predicted molar refractivity (Wildman–Crippen MR) is 97.5 cm³/mol. The van der Waals surface area contributed by atoms with E-state index in [0.717, 1.165) is 22.4 Å². The lowest BCUT2D eigenvalue weighted by molar-refractivity contribution is 0.306. The second-order valence-electron chi connectivity index (χ2n) is 5.60. The molecule has 1 aromatic heterocycles. The summed E-state index contributed by atoms with van der Waals surface area (Å²) in [6.45, 7) is 0.529. The Morgan fingerprint density at radius 1 is 0.833 bits per heavy atom. The molecule has 0 aliphatic heterocycles. The Balaban J connectivity index is 1.74. The number of hydrogen-bond acceptors (Lipinski definition) is 5. The van der Waals surface area contributed by atoms with E-state index in [4.69, 9.17) is 21.9 Å². The summed E-state index contributed by atoms with van der Waals surface area (Å²) in [4.78, 5) is 3.96. The Bertz CT molecular complexity index is 834. The van der Waals surface area contributed by atoms with E-state index >= 15 is 0 Å². The van der Waals surface area contributed by atoms with E-state index in [2.05, 4.69) is 4.98 Å². The van der Waals surface area contributed by atoms with Gasteiger partial charge in [-0.25, -0.2) is 4.98 Å². The minimum Gasteiger partial charge on any atom is -0.489 e. The highest BCUT2D eigenvalue weighted by molar-refractivity contribution is 5.67. The molecular weight excluding hydrogens is 300 g/mol. The minimum atomic E-state index is 0.265. The number of nitrogens with two attached hydrogens (primary N) is 3. The van der Waals surface area contributed by atoms with Crippen LogP contribution in [-0.4, -0.2) is 4.98 Å². The molecule has 3 rings (SSSR count). The molecule has 0 unspecified atom stereocenters. The van der Waals surface area contributed by atoms with Crippen molar-refractivity contribution in [1.29, 1.82) is 0 Å². The van der Waals surface area contributed by atoms with Crippen molar-refractivity contribution in [3.8, 4) is 5.75 Å². The Hall–Kier alpha value is -3.21. The molecule has 1 heterocycles. The molecule has 24 heavy (non-hydrogen) atoms. The number of rotatable bonds is 5. The summed E-state index contributed by atoms with van der Waals surface area (Å²) in [6.07, 6.45) is 0.616. The topological polar surface area (TPSA) is 100 Å². The third-order valence-corrected chi connectivity index (χ3v) is 3.73. The molecule has 0 saturated heterocycles. The third kappa shape index (κ3) is 3.76. The largest absolute Gasteiger partial charge is 0.489 e. The molecule has 5 nitrogen and oxygen atoms in total. The van der Waals surface area contributed by atoms with Gasteiger partial charge in [-0.15, -0.1) is 0 Å². The van der Waals surface area contributed by atoms with Crippen molar-refractivity contribution in [3.05, 3.63) is 77.4 Å². The van der Waals surface area contributed by atoms with Crippen LogP contribution in [0.5, 0.6) is 5.75 Å². The van der Waals surface area contributed by atoms with Gasteiger partial charge in [0.1, 0.15) is 24.0 Å². The summed E-state index contributed by atoms with van der Waals surface area (Å²) in [5.41, 5.74) is 21.1. The summed E-state index contributed by atoms with van der Waals surface area (Å²) in [7, 11) is 0. The Morgan fingerprint density at radius 2 is 1.58 bits per heavy atom. The molecule has 6 N–H and O–H groups in total. The van der Waals surface area contributed by atoms with Gasteiger partial charge in [0.25, 0.3) is 0 Å². The maximum atomic E-state index is 6.00. The number of aromatic nitrogens is 1. The first-order valence-electron chi connectivity index (χ1n) is 7.68. The molecule has 0 saturated carbocycles. The van der Waals surface area contributed by atoms with Crippen LogP contribution in [0.2, 0.25) is 0 Å². The number of nitrogen functional groups attached to an aromatic ring is 3. The van der Waals surface area contributed by atoms with E-state index in [1.54, 1.807) is 6.07 Å². The number of benzene rings is 2. The van der Waals surface area contributed by atoms with Crippen LogP contribution in [0.1, 0.15) is 16.7 Å². The molecule has 2 aromatic carbocycles. The maximum absolute atomic E-state index is 6.00. The van der Waals surface area contributed by atoms with Gasteiger partial charge in [0, 0.05) is 0 Å². The van der Waals surface area contributed by atoms with Gasteiger partial charge >= 0.3 is 0 Å². The SMILES string of the molecule is Nc1cc(Cc2cccc(OCc3ccccc3)c2)c(N)c(N)n1. The Kier molecular flexibility index (Phi) is 4.52. The van der Waals surface area contributed by atoms with Crippen LogP contribution in [-0.2, 0) is 13.0 Å². The molecule has 0 spiro atoms. The fraction of sp³-hybridized carbons (Fsp3) is 0.105. The van der Waals surface area contributed by atoms with Crippen LogP contribution >= 0.6 is 0 Å². The normalized spacial score (nSPS) is 10.5. The number of anilines is 3. The zero-order valence-electron chi connectivity index (χ0n) is 13.3.